The molecule has 0 spiro atoms. The van der Waals surface area contributed by atoms with E-state index in [2.05, 4.69) is 10.6 Å². The summed E-state index contributed by atoms with van der Waals surface area (Å²) in [6, 6.07) is 7.51. The number of carbonyl (C=O) groups is 4. The minimum absolute atomic E-state index is 0.0956. The summed E-state index contributed by atoms with van der Waals surface area (Å²) in [5.41, 5.74) is 0.828. The number of benzene rings is 1. The molecule has 1 aromatic carbocycles. The van der Waals surface area contributed by atoms with E-state index in [0.29, 0.717) is 6.42 Å². The van der Waals surface area contributed by atoms with Crippen LogP contribution in [0.5, 0.6) is 0 Å². The van der Waals surface area contributed by atoms with Crippen molar-refractivity contribution in [2.75, 3.05) is 20.6 Å². The molecule has 8 heteroatoms. The van der Waals surface area contributed by atoms with Crippen LogP contribution in [0.4, 0.5) is 0 Å². The van der Waals surface area contributed by atoms with Gasteiger partial charge < -0.3 is 20.4 Å². The predicted molar refractivity (Wildman–Crippen MR) is 114 cm³/mol. The Morgan fingerprint density at radius 1 is 1.10 bits per heavy atom. The van der Waals surface area contributed by atoms with Crippen molar-refractivity contribution in [2.45, 2.75) is 39.3 Å². The minimum Gasteiger partial charge on any atom is -0.345 e. The third-order valence-electron chi connectivity index (χ3n) is 5.10. The molecule has 1 aliphatic rings. The lowest BCUT2D eigenvalue weighted by Crippen LogP contribution is -2.56. The molecule has 8 nitrogen and oxygen atoms in total. The maximum atomic E-state index is 13.1. The van der Waals surface area contributed by atoms with Crippen LogP contribution in [-0.4, -0.2) is 66.2 Å². The molecule has 0 saturated carbocycles. The Bertz CT molecular complexity index is 835. The molecule has 0 aromatic heterocycles. The number of carbonyl (C=O) groups excluding carboxylic acids is 4. The van der Waals surface area contributed by atoms with E-state index >= 15 is 0 Å². The molecule has 1 aromatic rings. The molecule has 162 valence electrons. The molecule has 2 atom stereocenters. The minimum atomic E-state index is -0.820. The van der Waals surface area contributed by atoms with Crippen LogP contribution in [0.15, 0.2) is 36.0 Å². The van der Waals surface area contributed by atoms with E-state index in [0.717, 1.165) is 5.56 Å². The summed E-state index contributed by atoms with van der Waals surface area (Å²) in [4.78, 5) is 53.8. The van der Waals surface area contributed by atoms with Gasteiger partial charge in [0.05, 0.1) is 6.54 Å². The van der Waals surface area contributed by atoms with Crippen LogP contribution in [0.1, 0.15) is 32.8 Å². The van der Waals surface area contributed by atoms with E-state index in [9.17, 15) is 19.2 Å². The van der Waals surface area contributed by atoms with Crippen molar-refractivity contribution in [1.82, 2.24) is 20.4 Å². The first-order valence-corrected chi connectivity index (χ1v) is 10.00. The van der Waals surface area contributed by atoms with Crippen molar-refractivity contribution in [2.24, 2.45) is 5.92 Å². The molecule has 2 unspecified atom stereocenters. The molecular weight excluding hydrogens is 384 g/mol. The molecule has 30 heavy (non-hydrogen) atoms. The van der Waals surface area contributed by atoms with Gasteiger partial charge in [0, 0.05) is 14.1 Å². The molecule has 0 aliphatic carbocycles. The van der Waals surface area contributed by atoms with E-state index in [1.165, 1.54) is 23.9 Å². The summed E-state index contributed by atoms with van der Waals surface area (Å²) in [6.07, 6.45) is 1.99. The average Bonchev–Trinajstić information content (AvgIpc) is 2.72. The van der Waals surface area contributed by atoms with Gasteiger partial charge in [0.1, 0.15) is 17.8 Å². The Hall–Kier alpha value is -3.16. The van der Waals surface area contributed by atoms with Crippen LogP contribution < -0.4 is 10.6 Å². The maximum Gasteiger partial charge on any atom is 0.268 e. The summed E-state index contributed by atoms with van der Waals surface area (Å²) >= 11 is 0. The third-order valence-corrected chi connectivity index (χ3v) is 5.10. The first-order valence-electron chi connectivity index (χ1n) is 10.00. The molecule has 1 fully saturated rings. The van der Waals surface area contributed by atoms with Gasteiger partial charge in [0.15, 0.2) is 0 Å². The highest BCUT2D eigenvalue weighted by Gasteiger charge is 2.33. The van der Waals surface area contributed by atoms with Gasteiger partial charge in [-0.05, 0) is 30.9 Å². The van der Waals surface area contributed by atoms with Crippen molar-refractivity contribution in [3.63, 3.8) is 0 Å². The van der Waals surface area contributed by atoms with Crippen LogP contribution in [0, 0.1) is 5.92 Å². The van der Waals surface area contributed by atoms with Gasteiger partial charge in [-0.15, -0.1) is 0 Å². The van der Waals surface area contributed by atoms with Crippen molar-refractivity contribution in [3.05, 3.63) is 41.6 Å². The zero-order chi connectivity index (χ0) is 22.4. The highest BCUT2D eigenvalue weighted by Crippen LogP contribution is 2.15. The summed E-state index contributed by atoms with van der Waals surface area (Å²) < 4.78 is 0. The molecule has 0 bridgehead atoms. The Morgan fingerprint density at radius 3 is 2.33 bits per heavy atom. The zero-order valence-electron chi connectivity index (χ0n) is 18.1. The van der Waals surface area contributed by atoms with E-state index in [-0.39, 0.29) is 24.1 Å². The van der Waals surface area contributed by atoms with Crippen molar-refractivity contribution < 1.29 is 19.2 Å². The van der Waals surface area contributed by atoms with Gasteiger partial charge in [0.25, 0.3) is 5.91 Å². The van der Waals surface area contributed by atoms with Crippen molar-refractivity contribution >= 4 is 29.7 Å². The Morgan fingerprint density at radius 2 is 1.73 bits per heavy atom. The van der Waals surface area contributed by atoms with Crippen LogP contribution in [0.3, 0.4) is 0 Å². The Kier molecular flexibility index (Phi) is 7.74. The molecule has 1 aliphatic heterocycles. The Balaban J connectivity index is 2.49. The Labute approximate surface area is 177 Å². The lowest BCUT2D eigenvalue weighted by Gasteiger charge is -2.31. The second-order valence-electron chi connectivity index (χ2n) is 7.89. The van der Waals surface area contributed by atoms with Crippen LogP contribution in [0.2, 0.25) is 0 Å². The summed E-state index contributed by atoms with van der Waals surface area (Å²) in [7, 11) is 3.00. The second kappa shape index (κ2) is 10.0. The fraction of sp³-hybridized carbons (Fsp3) is 0.455. The summed E-state index contributed by atoms with van der Waals surface area (Å²) in [5, 5.41) is 5.33. The standard InChI is InChI=1S/C22H30N4O4/c1-14(2)11-17-22(30)25(4)15(3)20(28)23-13-19(27)26(5)18(21(29)24-17)12-16-9-7-6-8-10-16/h6-10,12,14-15,17H,11,13H2,1-5H3,(H,23,28)(H,24,29)/b18-12-. The number of hydrogen-bond acceptors (Lipinski definition) is 4. The summed E-state index contributed by atoms with van der Waals surface area (Å²) in [5.74, 6) is -1.63. The quantitative estimate of drug-likeness (QED) is 0.721. The first-order chi connectivity index (χ1) is 14.1. The molecule has 1 heterocycles. The highest BCUT2D eigenvalue weighted by molar-refractivity contribution is 6.04. The molecule has 4 amide bonds. The molecule has 2 rings (SSSR count). The summed E-state index contributed by atoms with van der Waals surface area (Å²) in [6.45, 7) is 5.20. The molecule has 0 radical (unpaired) electrons. The van der Waals surface area contributed by atoms with Gasteiger partial charge in [-0.25, -0.2) is 0 Å². The lowest BCUT2D eigenvalue weighted by atomic mass is 10.0. The number of hydrogen-bond donors (Lipinski definition) is 2. The van der Waals surface area contributed by atoms with E-state index < -0.39 is 29.8 Å². The fourth-order valence-corrected chi connectivity index (χ4v) is 3.12. The van der Waals surface area contributed by atoms with Crippen LogP contribution in [-0.2, 0) is 19.2 Å². The second-order valence-corrected chi connectivity index (χ2v) is 7.89. The normalized spacial score (nSPS) is 23.2. The lowest BCUT2D eigenvalue weighted by molar-refractivity contribution is -0.142. The van der Waals surface area contributed by atoms with Crippen molar-refractivity contribution in [1.29, 1.82) is 0 Å². The van der Waals surface area contributed by atoms with E-state index in [4.69, 9.17) is 0 Å². The number of nitrogens with one attached hydrogen (secondary N) is 2. The number of nitrogens with zero attached hydrogens (tertiary/aromatic N) is 2. The van der Waals surface area contributed by atoms with E-state index in [1.807, 2.05) is 44.2 Å². The zero-order valence-corrected chi connectivity index (χ0v) is 18.1. The van der Waals surface area contributed by atoms with Gasteiger partial charge in [0.2, 0.25) is 17.7 Å². The SMILES string of the molecule is CC(C)CC1NC(=O)/C(=C/c2ccccc2)N(C)C(=O)CNC(=O)C(C)N(C)C1=O. The molecular formula is C22H30N4O4. The monoisotopic (exact) mass is 414 g/mol. The number of likely N-dealkylation sites (N-methyl/N-ethyl adjacent to an activating group) is 2. The largest absolute Gasteiger partial charge is 0.345 e. The van der Waals surface area contributed by atoms with E-state index in [1.54, 1.807) is 13.0 Å². The van der Waals surface area contributed by atoms with Crippen LogP contribution >= 0.6 is 0 Å². The number of rotatable bonds is 3. The highest BCUT2D eigenvalue weighted by atomic mass is 16.2. The van der Waals surface area contributed by atoms with Gasteiger partial charge in [-0.2, -0.15) is 0 Å². The predicted octanol–water partition coefficient (Wildman–Crippen LogP) is 0.994. The maximum absolute atomic E-state index is 13.1. The van der Waals surface area contributed by atoms with Crippen molar-refractivity contribution in [3.8, 4) is 0 Å². The molecule has 1 saturated heterocycles. The van der Waals surface area contributed by atoms with Crippen LogP contribution in [0.25, 0.3) is 6.08 Å². The smallest absolute Gasteiger partial charge is 0.268 e. The first kappa shape index (κ1) is 23.1. The molecule has 2 N–H and O–H groups in total. The number of amides is 4. The average molecular weight is 415 g/mol. The third kappa shape index (κ3) is 5.68. The topological polar surface area (TPSA) is 98.8 Å². The van der Waals surface area contributed by atoms with Gasteiger partial charge >= 0.3 is 0 Å². The van der Waals surface area contributed by atoms with Gasteiger partial charge in [-0.3, -0.25) is 19.2 Å². The van der Waals surface area contributed by atoms with Gasteiger partial charge in [-0.1, -0.05) is 44.2 Å². The fourth-order valence-electron chi connectivity index (χ4n) is 3.12.